The van der Waals surface area contributed by atoms with Gasteiger partial charge in [-0.05, 0) is 19.4 Å². The zero-order chi connectivity index (χ0) is 11.3. The third-order valence-corrected chi connectivity index (χ3v) is 2.68. The topological polar surface area (TPSA) is 61.4 Å². The minimum Gasteiger partial charge on any atom is -0.358 e. The minimum atomic E-state index is -0.130. The van der Waals surface area contributed by atoms with Gasteiger partial charge >= 0.3 is 0 Å². The van der Waals surface area contributed by atoms with E-state index in [2.05, 4.69) is 10.6 Å². The highest BCUT2D eigenvalue weighted by atomic mass is 16.2. The van der Waals surface area contributed by atoms with Gasteiger partial charge in [-0.1, -0.05) is 0 Å². The lowest BCUT2D eigenvalue weighted by molar-refractivity contribution is -0.138. The lowest BCUT2D eigenvalue weighted by atomic mass is 9.98. The molecular formula is C10H19N3O2. The first-order valence-corrected chi connectivity index (χ1v) is 5.31. The summed E-state index contributed by atoms with van der Waals surface area (Å²) < 4.78 is 0. The number of hydrogen-bond donors (Lipinski definition) is 2. The van der Waals surface area contributed by atoms with Crippen LogP contribution in [0.15, 0.2) is 0 Å². The summed E-state index contributed by atoms with van der Waals surface area (Å²) in [6, 6.07) is 0. The van der Waals surface area contributed by atoms with E-state index in [-0.39, 0.29) is 24.3 Å². The van der Waals surface area contributed by atoms with Gasteiger partial charge in [-0.25, -0.2) is 0 Å². The molecule has 0 radical (unpaired) electrons. The molecule has 0 aromatic rings. The molecule has 2 amide bonds. The number of amides is 2. The fourth-order valence-electron chi connectivity index (χ4n) is 1.75. The van der Waals surface area contributed by atoms with E-state index in [1.807, 2.05) is 0 Å². The number of nitrogens with zero attached hydrogens (tertiary/aromatic N) is 1. The Balaban J connectivity index is 2.40. The smallest absolute Gasteiger partial charge is 0.239 e. The van der Waals surface area contributed by atoms with Crippen LogP contribution in [0.4, 0.5) is 0 Å². The molecule has 0 unspecified atom stereocenters. The number of rotatable bonds is 3. The highest BCUT2D eigenvalue weighted by Crippen LogP contribution is 2.12. The van der Waals surface area contributed by atoms with Gasteiger partial charge in [-0.3, -0.25) is 9.59 Å². The summed E-state index contributed by atoms with van der Waals surface area (Å²) >= 11 is 0. The Bertz CT molecular complexity index is 237. The third kappa shape index (κ3) is 3.51. The number of carbonyl (C=O) groups is 2. The summed E-state index contributed by atoms with van der Waals surface area (Å²) in [4.78, 5) is 24.4. The van der Waals surface area contributed by atoms with Crippen LogP contribution < -0.4 is 10.6 Å². The number of nitrogens with one attached hydrogen (secondary N) is 2. The Morgan fingerprint density at radius 2 is 2.27 bits per heavy atom. The fourth-order valence-corrected chi connectivity index (χ4v) is 1.75. The Kier molecular flexibility index (Phi) is 4.55. The summed E-state index contributed by atoms with van der Waals surface area (Å²) in [6.45, 7) is 1.87. The van der Waals surface area contributed by atoms with E-state index < -0.39 is 0 Å². The largest absolute Gasteiger partial charge is 0.358 e. The first-order chi connectivity index (χ1) is 7.15. The van der Waals surface area contributed by atoms with Crippen LogP contribution >= 0.6 is 0 Å². The van der Waals surface area contributed by atoms with Gasteiger partial charge in [0.1, 0.15) is 0 Å². The molecule has 1 rings (SSSR count). The van der Waals surface area contributed by atoms with Gasteiger partial charge in [0, 0.05) is 20.6 Å². The molecule has 0 aromatic carbocycles. The molecule has 0 aliphatic carbocycles. The van der Waals surface area contributed by atoms with Crippen molar-refractivity contribution in [1.29, 1.82) is 0 Å². The molecule has 0 saturated carbocycles. The van der Waals surface area contributed by atoms with E-state index in [9.17, 15) is 9.59 Å². The zero-order valence-corrected chi connectivity index (χ0v) is 9.38. The number of hydrogen-bond acceptors (Lipinski definition) is 3. The molecule has 1 fully saturated rings. The van der Waals surface area contributed by atoms with Crippen molar-refractivity contribution in [2.75, 3.05) is 33.7 Å². The first kappa shape index (κ1) is 12.0. The van der Waals surface area contributed by atoms with Gasteiger partial charge in [0.15, 0.2) is 0 Å². The second kappa shape index (κ2) is 5.70. The van der Waals surface area contributed by atoms with Crippen molar-refractivity contribution in [2.45, 2.75) is 12.8 Å². The SMILES string of the molecule is CNC(=O)CN(C)C(=O)[C@@H]1CCCNC1. The third-order valence-electron chi connectivity index (χ3n) is 2.68. The molecule has 0 spiro atoms. The predicted molar refractivity (Wildman–Crippen MR) is 57.3 cm³/mol. The summed E-state index contributed by atoms with van der Waals surface area (Å²) in [5.41, 5.74) is 0. The monoisotopic (exact) mass is 213 g/mol. The number of carbonyl (C=O) groups excluding carboxylic acids is 2. The van der Waals surface area contributed by atoms with Crippen molar-refractivity contribution >= 4 is 11.8 Å². The molecular weight excluding hydrogens is 194 g/mol. The summed E-state index contributed by atoms with van der Waals surface area (Å²) in [5.74, 6) is -0.0335. The zero-order valence-electron chi connectivity index (χ0n) is 9.38. The highest BCUT2D eigenvalue weighted by molar-refractivity contribution is 5.85. The van der Waals surface area contributed by atoms with Gasteiger partial charge in [-0.15, -0.1) is 0 Å². The summed E-state index contributed by atoms with van der Waals surface area (Å²) in [7, 11) is 3.25. The molecule has 0 aromatic heterocycles. The first-order valence-electron chi connectivity index (χ1n) is 5.31. The standard InChI is InChI=1S/C10H19N3O2/c1-11-9(14)7-13(2)10(15)8-4-3-5-12-6-8/h8,12H,3-7H2,1-2H3,(H,11,14)/t8-/m1/s1. The summed E-state index contributed by atoms with van der Waals surface area (Å²) in [5, 5.41) is 5.70. The van der Waals surface area contributed by atoms with E-state index in [0.717, 1.165) is 25.9 Å². The van der Waals surface area contributed by atoms with Crippen molar-refractivity contribution in [3.8, 4) is 0 Å². The van der Waals surface area contributed by atoms with Crippen LogP contribution in [0.5, 0.6) is 0 Å². The number of piperidine rings is 1. The van der Waals surface area contributed by atoms with E-state index in [0.29, 0.717) is 0 Å². The molecule has 2 N–H and O–H groups in total. The van der Waals surface area contributed by atoms with Gasteiger partial charge in [0.2, 0.25) is 11.8 Å². The van der Waals surface area contributed by atoms with E-state index in [4.69, 9.17) is 0 Å². The maximum Gasteiger partial charge on any atom is 0.239 e. The van der Waals surface area contributed by atoms with E-state index in [1.165, 1.54) is 4.90 Å². The van der Waals surface area contributed by atoms with E-state index >= 15 is 0 Å². The minimum absolute atomic E-state index is 0.0356. The van der Waals surface area contributed by atoms with Crippen LogP contribution in [0, 0.1) is 5.92 Å². The van der Waals surface area contributed by atoms with Crippen molar-refractivity contribution in [2.24, 2.45) is 5.92 Å². The van der Waals surface area contributed by atoms with Crippen LogP contribution in [-0.2, 0) is 9.59 Å². The molecule has 0 bridgehead atoms. The maximum absolute atomic E-state index is 11.9. The van der Waals surface area contributed by atoms with Crippen LogP contribution in [-0.4, -0.2) is 50.4 Å². The van der Waals surface area contributed by atoms with Gasteiger partial charge in [0.05, 0.1) is 12.5 Å². The fraction of sp³-hybridized carbons (Fsp3) is 0.800. The normalized spacial score (nSPS) is 20.8. The second-order valence-corrected chi connectivity index (χ2v) is 3.91. The highest BCUT2D eigenvalue weighted by Gasteiger charge is 2.24. The lowest BCUT2D eigenvalue weighted by Crippen LogP contribution is -2.44. The van der Waals surface area contributed by atoms with Crippen molar-refractivity contribution in [3.05, 3.63) is 0 Å². The molecule has 1 atom stereocenters. The van der Waals surface area contributed by atoms with Crippen LogP contribution in [0.25, 0.3) is 0 Å². The number of likely N-dealkylation sites (N-methyl/N-ethyl adjacent to an activating group) is 2. The van der Waals surface area contributed by atoms with Crippen molar-refractivity contribution in [1.82, 2.24) is 15.5 Å². The molecule has 15 heavy (non-hydrogen) atoms. The Morgan fingerprint density at radius 3 is 2.80 bits per heavy atom. The average molecular weight is 213 g/mol. The van der Waals surface area contributed by atoms with Gasteiger partial charge in [0.25, 0.3) is 0 Å². The second-order valence-electron chi connectivity index (χ2n) is 3.91. The Hall–Kier alpha value is -1.10. The van der Waals surface area contributed by atoms with Crippen LogP contribution in [0.1, 0.15) is 12.8 Å². The molecule has 86 valence electrons. The quantitative estimate of drug-likeness (QED) is 0.644. The molecule has 5 nitrogen and oxygen atoms in total. The Labute approximate surface area is 90.2 Å². The molecule has 1 aliphatic heterocycles. The van der Waals surface area contributed by atoms with Crippen LogP contribution in [0.3, 0.4) is 0 Å². The lowest BCUT2D eigenvalue weighted by Gasteiger charge is -2.26. The van der Waals surface area contributed by atoms with Crippen molar-refractivity contribution < 1.29 is 9.59 Å². The van der Waals surface area contributed by atoms with Gasteiger partial charge in [-0.2, -0.15) is 0 Å². The maximum atomic E-state index is 11.9. The van der Waals surface area contributed by atoms with E-state index in [1.54, 1.807) is 14.1 Å². The summed E-state index contributed by atoms with van der Waals surface area (Å²) in [6.07, 6.45) is 1.95. The average Bonchev–Trinajstić information content (AvgIpc) is 2.29. The predicted octanol–water partition coefficient (Wildman–Crippen LogP) is -0.810. The molecule has 1 heterocycles. The molecule has 5 heteroatoms. The molecule has 1 aliphatic rings. The van der Waals surface area contributed by atoms with Crippen LogP contribution in [0.2, 0.25) is 0 Å². The molecule has 1 saturated heterocycles. The Morgan fingerprint density at radius 1 is 1.53 bits per heavy atom. The van der Waals surface area contributed by atoms with Gasteiger partial charge < -0.3 is 15.5 Å². The van der Waals surface area contributed by atoms with Crippen molar-refractivity contribution in [3.63, 3.8) is 0 Å².